The van der Waals surface area contributed by atoms with Gasteiger partial charge in [0.1, 0.15) is 0 Å². The van der Waals surface area contributed by atoms with E-state index in [4.69, 9.17) is 5.11 Å². The van der Waals surface area contributed by atoms with E-state index in [9.17, 15) is 9.59 Å². The summed E-state index contributed by atoms with van der Waals surface area (Å²) in [6.45, 7) is 4.86. The molecule has 0 bridgehead atoms. The molecule has 0 aromatic carbocycles. The first kappa shape index (κ1) is 12.0. The normalized spacial score (nSPS) is 27.8. The van der Waals surface area contributed by atoms with E-state index in [-0.39, 0.29) is 24.4 Å². The predicted molar refractivity (Wildman–Crippen MR) is 55.5 cm³/mol. The molecule has 2 atom stereocenters. The van der Waals surface area contributed by atoms with Crippen molar-refractivity contribution in [2.75, 3.05) is 20.1 Å². The van der Waals surface area contributed by atoms with Crippen LogP contribution in [0.5, 0.6) is 0 Å². The molecule has 0 aromatic heterocycles. The Morgan fingerprint density at radius 3 is 2.47 bits per heavy atom. The van der Waals surface area contributed by atoms with Crippen LogP contribution in [0.4, 0.5) is 0 Å². The number of carboxylic acid groups (broad SMARTS) is 1. The van der Waals surface area contributed by atoms with Crippen LogP contribution in [0.25, 0.3) is 0 Å². The van der Waals surface area contributed by atoms with Gasteiger partial charge < -0.3 is 10.0 Å². The summed E-state index contributed by atoms with van der Waals surface area (Å²) in [5.41, 5.74) is 0. The highest BCUT2D eigenvalue weighted by Gasteiger charge is 2.34. The fourth-order valence-corrected chi connectivity index (χ4v) is 2.16. The Hall–Kier alpha value is -1.10. The molecule has 0 aliphatic carbocycles. The summed E-state index contributed by atoms with van der Waals surface area (Å²) in [7, 11) is 1.90. The van der Waals surface area contributed by atoms with Crippen molar-refractivity contribution in [1.29, 1.82) is 0 Å². The minimum Gasteiger partial charge on any atom is -0.481 e. The standard InChI is InChI=1S/C10H18N2O3/c1-7-9(6-10(14)15)11(3)4-5-12(7)8(2)13/h7,9H,4-6H2,1-3H3,(H,14,15)/t7-,9+/m0/s1. The Morgan fingerprint density at radius 1 is 1.40 bits per heavy atom. The van der Waals surface area contributed by atoms with Gasteiger partial charge in [-0.25, -0.2) is 0 Å². The maximum Gasteiger partial charge on any atom is 0.305 e. The number of likely N-dealkylation sites (N-methyl/N-ethyl adjacent to an activating group) is 1. The zero-order chi connectivity index (χ0) is 11.6. The molecule has 1 aliphatic heterocycles. The third kappa shape index (κ3) is 2.68. The SMILES string of the molecule is CC(=O)N1CCN(C)[C@H](CC(=O)O)[C@@H]1C. The second kappa shape index (κ2) is 4.61. The van der Waals surface area contributed by atoms with Crippen molar-refractivity contribution in [2.24, 2.45) is 0 Å². The summed E-state index contributed by atoms with van der Waals surface area (Å²) in [6, 6.07) is -0.113. The lowest BCUT2D eigenvalue weighted by molar-refractivity contribution is -0.143. The lowest BCUT2D eigenvalue weighted by Crippen LogP contribution is -2.58. The molecule has 1 rings (SSSR count). The molecule has 1 saturated heterocycles. The van der Waals surface area contributed by atoms with Crippen molar-refractivity contribution < 1.29 is 14.7 Å². The third-order valence-electron chi connectivity index (χ3n) is 3.10. The van der Waals surface area contributed by atoms with E-state index in [1.54, 1.807) is 4.90 Å². The molecular weight excluding hydrogens is 196 g/mol. The first-order chi connectivity index (χ1) is 6.93. The van der Waals surface area contributed by atoms with Crippen molar-refractivity contribution in [3.05, 3.63) is 0 Å². The van der Waals surface area contributed by atoms with E-state index in [0.717, 1.165) is 6.54 Å². The number of aliphatic carboxylic acids is 1. The molecular formula is C10H18N2O3. The average molecular weight is 214 g/mol. The van der Waals surface area contributed by atoms with E-state index in [1.165, 1.54) is 6.92 Å². The monoisotopic (exact) mass is 214 g/mol. The van der Waals surface area contributed by atoms with Crippen molar-refractivity contribution >= 4 is 11.9 Å². The van der Waals surface area contributed by atoms with Crippen LogP contribution in [0.2, 0.25) is 0 Å². The maximum atomic E-state index is 11.3. The van der Waals surface area contributed by atoms with Gasteiger partial charge in [-0.15, -0.1) is 0 Å². The summed E-state index contributed by atoms with van der Waals surface area (Å²) in [6.07, 6.45) is 0.0848. The topological polar surface area (TPSA) is 60.9 Å². The molecule has 1 N–H and O–H groups in total. The van der Waals surface area contributed by atoms with Gasteiger partial charge in [0.15, 0.2) is 0 Å². The summed E-state index contributed by atoms with van der Waals surface area (Å²) in [5, 5.41) is 8.80. The van der Waals surface area contributed by atoms with Crippen LogP contribution in [0.15, 0.2) is 0 Å². The molecule has 5 nitrogen and oxygen atoms in total. The Labute approximate surface area is 89.7 Å². The molecule has 1 heterocycles. The van der Waals surface area contributed by atoms with Crippen LogP contribution in [0.3, 0.4) is 0 Å². The minimum atomic E-state index is -0.816. The second-order valence-corrected chi connectivity index (χ2v) is 4.10. The van der Waals surface area contributed by atoms with E-state index in [2.05, 4.69) is 0 Å². The van der Waals surface area contributed by atoms with Gasteiger partial charge in [-0.05, 0) is 14.0 Å². The highest BCUT2D eigenvalue weighted by molar-refractivity contribution is 5.74. The van der Waals surface area contributed by atoms with Gasteiger partial charge in [-0.1, -0.05) is 0 Å². The first-order valence-electron chi connectivity index (χ1n) is 5.12. The lowest BCUT2D eigenvalue weighted by atomic mass is 10.0. The molecule has 0 radical (unpaired) electrons. The number of piperazine rings is 1. The van der Waals surface area contributed by atoms with Crippen LogP contribution in [0, 0.1) is 0 Å². The number of nitrogens with zero attached hydrogens (tertiary/aromatic N) is 2. The predicted octanol–water partition coefficient (Wildman–Crippen LogP) is 0.0121. The zero-order valence-corrected chi connectivity index (χ0v) is 9.43. The Balaban J connectivity index is 2.73. The highest BCUT2D eigenvalue weighted by Crippen LogP contribution is 2.18. The number of amides is 1. The molecule has 0 unspecified atom stereocenters. The van der Waals surface area contributed by atoms with Crippen molar-refractivity contribution in [1.82, 2.24) is 9.80 Å². The molecule has 1 fully saturated rings. The van der Waals surface area contributed by atoms with Crippen molar-refractivity contribution in [3.8, 4) is 0 Å². The van der Waals surface area contributed by atoms with Gasteiger partial charge in [0.2, 0.25) is 5.91 Å². The van der Waals surface area contributed by atoms with Crippen LogP contribution in [0.1, 0.15) is 20.3 Å². The van der Waals surface area contributed by atoms with Gasteiger partial charge in [0, 0.05) is 32.1 Å². The molecule has 0 saturated carbocycles. The first-order valence-corrected chi connectivity index (χ1v) is 5.12. The number of hydrogen-bond acceptors (Lipinski definition) is 3. The van der Waals surface area contributed by atoms with Crippen LogP contribution < -0.4 is 0 Å². The van der Waals surface area contributed by atoms with Gasteiger partial charge in [-0.2, -0.15) is 0 Å². The molecule has 1 aliphatic rings. The largest absolute Gasteiger partial charge is 0.481 e. The van der Waals surface area contributed by atoms with Crippen LogP contribution in [-0.4, -0.2) is 59.0 Å². The maximum absolute atomic E-state index is 11.3. The molecule has 15 heavy (non-hydrogen) atoms. The number of rotatable bonds is 2. The van der Waals surface area contributed by atoms with E-state index < -0.39 is 5.97 Å². The average Bonchev–Trinajstić information content (AvgIpc) is 2.11. The summed E-state index contributed by atoms with van der Waals surface area (Å²) in [4.78, 5) is 25.8. The number of carbonyl (C=O) groups excluding carboxylic acids is 1. The van der Waals surface area contributed by atoms with Gasteiger partial charge in [0.25, 0.3) is 0 Å². The second-order valence-electron chi connectivity index (χ2n) is 4.10. The molecule has 1 amide bonds. The Bertz CT molecular complexity index is 267. The summed E-state index contributed by atoms with van der Waals surface area (Å²) in [5.74, 6) is -0.796. The molecule has 0 aromatic rings. The fourth-order valence-electron chi connectivity index (χ4n) is 2.16. The lowest BCUT2D eigenvalue weighted by Gasteiger charge is -2.44. The quantitative estimate of drug-likeness (QED) is 0.703. The highest BCUT2D eigenvalue weighted by atomic mass is 16.4. The van der Waals surface area contributed by atoms with Crippen molar-refractivity contribution in [3.63, 3.8) is 0 Å². The Kier molecular flexibility index (Phi) is 3.68. The van der Waals surface area contributed by atoms with E-state index in [1.807, 2.05) is 18.9 Å². The molecule has 86 valence electrons. The zero-order valence-electron chi connectivity index (χ0n) is 9.43. The summed E-state index contributed by atoms with van der Waals surface area (Å²) >= 11 is 0. The van der Waals surface area contributed by atoms with E-state index >= 15 is 0 Å². The van der Waals surface area contributed by atoms with E-state index in [0.29, 0.717) is 6.54 Å². The number of hydrogen-bond donors (Lipinski definition) is 1. The third-order valence-corrected chi connectivity index (χ3v) is 3.10. The number of carboxylic acids is 1. The van der Waals surface area contributed by atoms with Crippen LogP contribution in [-0.2, 0) is 9.59 Å². The Morgan fingerprint density at radius 2 is 2.00 bits per heavy atom. The summed E-state index contributed by atoms with van der Waals surface area (Å²) < 4.78 is 0. The van der Waals surface area contributed by atoms with Gasteiger partial charge >= 0.3 is 5.97 Å². The van der Waals surface area contributed by atoms with Gasteiger partial charge in [-0.3, -0.25) is 14.5 Å². The number of carbonyl (C=O) groups is 2. The minimum absolute atomic E-state index is 0.0194. The van der Waals surface area contributed by atoms with Gasteiger partial charge in [0.05, 0.1) is 6.42 Å². The molecule has 5 heteroatoms. The fraction of sp³-hybridized carbons (Fsp3) is 0.800. The smallest absolute Gasteiger partial charge is 0.305 e. The van der Waals surface area contributed by atoms with Crippen LogP contribution >= 0.6 is 0 Å². The van der Waals surface area contributed by atoms with Crippen molar-refractivity contribution in [2.45, 2.75) is 32.4 Å². The molecule has 0 spiro atoms.